The molecule has 1 aliphatic carbocycles. The Hall–Kier alpha value is -0.370. The summed E-state index contributed by atoms with van der Waals surface area (Å²) in [6, 6.07) is 0. The topological polar surface area (TPSA) is 20.3 Å². The van der Waals surface area contributed by atoms with E-state index in [4.69, 9.17) is 0 Å². The minimum absolute atomic E-state index is 0.231. The molecule has 2 atom stereocenters. The van der Waals surface area contributed by atoms with Crippen molar-refractivity contribution in [3.05, 3.63) is 0 Å². The van der Waals surface area contributed by atoms with Gasteiger partial charge in [0.2, 0.25) is 0 Å². The van der Waals surface area contributed by atoms with E-state index in [9.17, 15) is 4.79 Å². The van der Waals surface area contributed by atoms with E-state index >= 15 is 0 Å². The van der Waals surface area contributed by atoms with Crippen LogP contribution in [-0.4, -0.2) is 30.8 Å². The first-order valence-corrected chi connectivity index (χ1v) is 5.79. The number of carbonyl (C=O) groups is 1. The van der Waals surface area contributed by atoms with Crippen LogP contribution in [0.15, 0.2) is 0 Å². The number of hydrogen-bond acceptors (Lipinski definition) is 2. The summed E-state index contributed by atoms with van der Waals surface area (Å²) in [6.07, 6.45) is 2.22. The van der Waals surface area contributed by atoms with Crippen LogP contribution in [0.25, 0.3) is 0 Å². The average molecular weight is 195 g/mol. The van der Waals surface area contributed by atoms with Crippen LogP contribution < -0.4 is 0 Å². The Kier molecular flexibility index (Phi) is 2.65. The summed E-state index contributed by atoms with van der Waals surface area (Å²) in [4.78, 5) is 14.1. The molecule has 2 nitrogen and oxygen atoms in total. The molecule has 2 heterocycles. The van der Waals surface area contributed by atoms with Crippen LogP contribution in [0.1, 0.15) is 26.7 Å². The van der Waals surface area contributed by atoms with Gasteiger partial charge in [-0.25, -0.2) is 0 Å². The van der Waals surface area contributed by atoms with E-state index in [0.717, 1.165) is 24.2 Å². The number of Topliss-reactive ketones (excluding diaryl/α,β-unsaturated/α-hetero) is 1. The number of ketones is 1. The highest BCUT2D eigenvalue weighted by Gasteiger charge is 2.46. The molecule has 2 unspecified atom stereocenters. The van der Waals surface area contributed by atoms with Crippen molar-refractivity contribution in [2.24, 2.45) is 23.7 Å². The van der Waals surface area contributed by atoms with Crippen molar-refractivity contribution in [2.75, 3.05) is 20.1 Å². The van der Waals surface area contributed by atoms with Gasteiger partial charge in [-0.15, -0.1) is 0 Å². The van der Waals surface area contributed by atoms with Gasteiger partial charge in [-0.1, -0.05) is 13.8 Å². The van der Waals surface area contributed by atoms with Gasteiger partial charge >= 0.3 is 0 Å². The van der Waals surface area contributed by atoms with Crippen molar-refractivity contribution in [3.63, 3.8) is 0 Å². The predicted molar refractivity (Wildman–Crippen MR) is 57.0 cm³/mol. The van der Waals surface area contributed by atoms with Gasteiger partial charge in [0.25, 0.3) is 0 Å². The van der Waals surface area contributed by atoms with Crippen LogP contribution in [0.3, 0.4) is 0 Å². The summed E-state index contributed by atoms with van der Waals surface area (Å²) in [6.45, 7) is 6.46. The maximum atomic E-state index is 11.6. The first-order valence-electron chi connectivity index (χ1n) is 5.79. The molecular formula is C12H21NO. The largest absolute Gasteiger partial charge is 0.306 e. The van der Waals surface area contributed by atoms with E-state index in [1.54, 1.807) is 0 Å². The summed E-state index contributed by atoms with van der Waals surface area (Å²) >= 11 is 0. The molecular weight excluding hydrogens is 174 g/mol. The molecule has 2 aliphatic heterocycles. The summed E-state index contributed by atoms with van der Waals surface area (Å²) in [5.74, 6) is 3.06. The lowest BCUT2D eigenvalue weighted by molar-refractivity contribution is -0.128. The van der Waals surface area contributed by atoms with Crippen LogP contribution in [0.4, 0.5) is 0 Å². The minimum atomic E-state index is 0.231. The molecule has 1 saturated carbocycles. The van der Waals surface area contributed by atoms with Gasteiger partial charge in [0, 0.05) is 25.4 Å². The monoisotopic (exact) mass is 195 g/mol. The second-order valence-corrected chi connectivity index (χ2v) is 5.47. The third-order valence-corrected chi connectivity index (χ3v) is 3.99. The highest BCUT2D eigenvalue weighted by molar-refractivity contribution is 5.80. The normalized spacial score (nSPS) is 37.0. The second-order valence-electron chi connectivity index (χ2n) is 5.47. The van der Waals surface area contributed by atoms with E-state index in [0.29, 0.717) is 5.78 Å². The molecule has 2 heteroatoms. The number of hydrogen-bond donors (Lipinski definition) is 0. The highest BCUT2D eigenvalue weighted by atomic mass is 16.1. The maximum Gasteiger partial charge on any atom is 0.135 e. The molecule has 2 saturated heterocycles. The van der Waals surface area contributed by atoms with E-state index in [-0.39, 0.29) is 5.92 Å². The standard InChI is InChI=1S/C12H21NO/c1-8(2)12(14)5-11-9-4-10(11)7-13(3)6-9/h8-11H,4-7H2,1-3H3. The molecule has 0 aromatic rings. The van der Waals surface area contributed by atoms with Gasteiger partial charge in [0.1, 0.15) is 5.78 Å². The lowest BCUT2D eigenvalue weighted by Gasteiger charge is -2.53. The molecule has 0 spiro atoms. The van der Waals surface area contributed by atoms with Crippen molar-refractivity contribution in [1.82, 2.24) is 4.90 Å². The summed E-state index contributed by atoms with van der Waals surface area (Å²) in [5, 5.41) is 0. The van der Waals surface area contributed by atoms with Crippen LogP contribution in [-0.2, 0) is 4.79 Å². The van der Waals surface area contributed by atoms with Crippen molar-refractivity contribution < 1.29 is 4.79 Å². The zero-order chi connectivity index (χ0) is 10.3. The smallest absolute Gasteiger partial charge is 0.135 e. The van der Waals surface area contributed by atoms with Crippen molar-refractivity contribution >= 4 is 5.78 Å². The molecule has 3 fully saturated rings. The number of fused-ring (bicyclic) bond motifs is 2. The highest BCUT2D eigenvalue weighted by Crippen LogP contribution is 2.47. The zero-order valence-electron chi connectivity index (χ0n) is 9.49. The number of nitrogens with zero attached hydrogens (tertiary/aromatic N) is 1. The fourth-order valence-corrected chi connectivity index (χ4v) is 3.02. The van der Waals surface area contributed by atoms with Crippen LogP contribution in [0, 0.1) is 23.7 Å². The third-order valence-electron chi connectivity index (χ3n) is 3.99. The fraction of sp³-hybridized carbons (Fsp3) is 0.917. The maximum absolute atomic E-state index is 11.6. The Labute approximate surface area is 86.7 Å². The fourth-order valence-electron chi connectivity index (χ4n) is 3.02. The van der Waals surface area contributed by atoms with E-state index in [1.807, 2.05) is 13.8 Å². The molecule has 0 aromatic heterocycles. The minimum Gasteiger partial charge on any atom is -0.306 e. The number of carbonyl (C=O) groups excluding carboxylic acids is 1. The Balaban J connectivity index is 1.87. The molecule has 0 N–H and O–H groups in total. The van der Waals surface area contributed by atoms with E-state index < -0.39 is 0 Å². The Bertz CT molecular complexity index is 224. The molecule has 80 valence electrons. The van der Waals surface area contributed by atoms with E-state index in [1.165, 1.54) is 19.5 Å². The quantitative estimate of drug-likeness (QED) is 0.684. The number of piperidine rings is 2. The van der Waals surface area contributed by atoms with Gasteiger partial charge in [-0.2, -0.15) is 0 Å². The summed E-state index contributed by atoms with van der Waals surface area (Å²) in [7, 11) is 2.19. The first kappa shape index (κ1) is 10.2. The van der Waals surface area contributed by atoms with Crippen molar-refractivity contribution in [2.45, 2.75) is 26.7 Å². The van der Waals surface area contributed by atoms with Crippen molar-refractivity contribution in [1.29, 1.82) is 0 Å². The van der Waals surface area contributed by atoms with Crippen LogP contribution >= 0.6 is 0 Å². The summed E-state index contributed by atoms with van der Waals surface area (Å²) in [5.41, 5.74) is 0. The van der Waals surface area contributed by atoms with Crippen molar-refractivity contribution in [3.8, 4) is 0 Å². The van der Waals surface area contributed by atoms with Crippen LogP contribution in [0.5, 0.6) is 0 Å². The molecule has 3 rings (SSSR count). The molecule has 14 heavy (non-hydrogen) atoms. The van der Waals surface area contributed by atoms with Crippen LogP contribution in [0.2, 0.25) is 0 Å². The van der Waals surface area contributed by atoms with Gasteiger partial charge in [-0.05, 0) is 31.2 Å². The Morgan fingerprint density at radius 3 is 2.43 bits per heavy atom. The van der Waals surface area contributed by atoms with Gasteiger partial charge in [0.05, 0.1) is 0 Å². The zero-order valence-corrected chi connectivity index (χ0v) is 9.49. The first-order chi connectivity index (χ1) is 6.58. The second kappa shape index (κ2) is 3.65. The Morgan fingerprint density at radius 2 is 1.93 bits per heavy atom. The van der Waals surface area contributed by atoms with Gasteiger partial charge < -0.3 is 4.90 Å². The Morgan fingerprint density at radius 1 is 1.36 bits per heavy atom. The van der Waals surface area contributed by atoms with Gasteiger partial charge in [-0.3, -0.25) is 4.79 Å². The number of rotatable bonds is 3. The lowest BCUT2D eigenvalue weighted by Crippen LogP contribution is -2.54. The summed E-state index contributed by atoms with van der Waals surface area (Å²) < 4.78 is 0. The lowest BCUT2D eigenvalue weighted by atomic mass is 9.60. The predicted octanol–water partition coefficient (Wildman–Crippen LogP) is 1.80. The van der Waals surface area contributed by atoms with Gasteiger partial charge in [0.15, 0.2) is 0 Å². The molecule has 3 aliphatic rings. The molecule has 0 radical (unpaired) electrons. The molecule has 0 aromatic carbocycles. The molecule has 2 bridgehead atoms. The molecule has 0 amide bonds. The third kappa shape index (κ3) is 1.72. The average Bonchev–Trinajstić information content (AvgIpc) is 2.13. The van der Waals surface area contributed by atoms with E-state index in [2.05, 4.69) is 11.9 Å². The SMILES string of the molecule is CC(C)C(=O)CC1C2CC1CN(C)C2.